The Morgan fingerprint density at radius 1 is 1.00 bits per heavy atom. The van der Waals surface area contributed by atoms with Crippen molar-refractivity contribution in [1.82, 2.24) is 15.0 Å². The maximum Gasteiger partial charge on any atom is 0.105 e. The van der Waals surface area contributed by atoms with Crippen LogP contribution in [0, 0.1) is 0 Å². The Labute approximate surface area is 89.6 Å². The van der Waals surface area contributed by atoms with Gasteiger partial charge in [0, 0.05) is 30.7 Å². The van der Waals surface area contributed by atoms with E-state index in [-0.39, 0.29) is 0 Å². The summed E-state index contributed by atoms with van der Waals surface area (Å²) < 4.78 is 0. The molecule has 3 heteroatoms. The molecule has 2 aromatic heterocycles. The molecule has 2 heterocycles. The van der Waals surface area contributed by atoms with Crippen molar-refractivity contribution in [2.75, 3.05) is 0 Å². The van der Waals surface area contributed by atoms with Crippen LogP contribution in [0.1, 0.15) is 24.4 Å². The fourth-order valence-corrected chi connectivity index (χ4v) is 1.58. The lowest BCUT2D eigenvalue weighted by molar-refractivity contribution is 0.704. The zero-order valence-electron chi connectivity index (χ0n) is 8.69. The summed E-state index contributed by atoms with van der Waals surface area (Å²) in [6, 6.07) is 6.06. The second-order valence-corrected chi connectivity index (χ2v) is 3.56. The number of imidazole rings is 1. The van der Waals surface area contributed by atoms with Gasteiger partial charge in [0.1, 0.15) is 5.82 Å². The van der Waals surface area contributed by atoms with E-state index in [4.69, 9.17) is 0 Å². The molecule has 0 amide bonds. The average molecular weight is 201 g/mol. The Morgan fingerprint density at radius 3 is 2.67 bits per heavy atom. The highest BCUT2D eigenvalue weighted by Crippen LogP contribution is 2.04. The van der Waals surface area contributed by atoms with E-state index in [0.717, 1.165) is 31.5 Å². The number of unbranched alkanes of at least 4 members (excludes halogenated alkanes) is 1. The van der Waals surface area contributed by atoms with Crippen LogP contribution in [0.25, 0.3) is 0 Å². The first-order chi connectivity index (χ1) is 7.45. The molecule has 0 aliphatic heterocycles. The number of nitrogens with one attached hydrogen (secondary N) is 1. The van der Waals surface area contributed by atoms with Gasteiger partial charge in [-0.05, 0) is 31.4 Å². The van der Waals surface area contributed by atoms with Crippen LogP contribution in [-0.2, 0) is 12.8 Å². The van der Waals surface area contributed by atoms with Crippen molar-refractivity contribution < 1.29 is 0 Å². The Hall–Kier alpha value is -1.64. The normalized spacial score (nSPS) is 10.4. The molecule has 0 aliphatic carbocycles. The summed E-state index contributed by atoms with van der Waals surface area (Å²) in [5, 5.41) is 0. The summed E-state index contributed by atoms with van der Waals surface area (Å²) in [6.45, 7) is 0. The second kappa shape index (κ2) is 5.29. The van der Waals surface area contributed by atoms with Gasteiger partial charge in [-0.3, -0.25) is 4.98 Å². The van der Waals surface area contributed by atoms with E-state index < -0.39 is 0 Å². The second-order valence-electron chi connectivity index (χ2n) is 3.56. The first-order valence-electron chi connectivity index (χ1n) is 5.33. The smallest absolute Gasteiger partial charge is 0.105 e. The van der Waals surface area contributed by atoms with Gasteiger partial charge >= 0.3 is 0 Å². The molecular weight excluding hydrogens is 186 g/mol. The maximum atomic E-state index is 4.29. The highest BCUT2D eigenvalue weighted by atomic mass is 14.9. The molecule has 0 radical (unpaired) electrons. The molecule has 0 saturated heterocycles. The van der Waals surface area contributed by atoms with Gasteiger partial charge in [-0.1, -0.05) is 6.07 Å². The SMILES string of the molecule is c1ccc(CCCCc2ncc[nH]2)nc1. The lowest BCUT2D eigenvalue weighted by Gasteiger charge is -1.99. The van der Waals surface area contributed by atoms with E-state index in [1.165, 1.54) is 5.69 Å². The van der Waals surface area contributed by atoms with Crippen LogP contribution in [0.4, 0.5) is 0 Å². The average Bonchev–Trinajstić information content (AvgIpc) is 2.79. The molecule has 0 spiro atoms. The maximum absolute atomic E-state index is 4.29. The van der Waals surface area contributed by atoms with Crippen molar-refractivity contribution in [3.8, 4) is 0 Å². The number of hydrogen-bond acceptors (Lipinski definition) is 2. The lowest BCUT2D eigenvalue weighted by atomic mass is 10.1. The van der Waals surface area contributed by atoms with Crippen molar-refractivity contribution in [3.63, 3.8) is 0 Å². The number of H-pyrrole nitrogens is 1. The standard InChI is InChI=1S/C12H15N3/c1(2-7-12-14-9-10-15-12)5-11-6-3-4-8-13-11/h3-4,6,8-10H,1-2,5,7H2,(H,14,15). The molecule has 2 aromatic rings. The summed E-state index contributed by atoms with van der Waals surface area (Å²) in [6.07, 6.45) is 9.92. The number of hydrogen-bond donors (Lipinski definition) is 1. The Bertz CT molecular complexity index is 367. The predicted molar refractivity (Wildman–Crippen MR) is 59.5 cm³/mol. The summed E-state index contributed by atoms with van der Waals surface area (Å²) in [7, 11) is 0. The number of aryl methyl sites for hydroxylation is 2. The van der Waals surface area contributed by atoms with Crippen molar-refractivity contribution in [2.45, 2.75) is 25.7 Å². The highest BCUT2D eigenvalue weighted by molar-refractivity contribution is 5.03. The molecule has 2 rings (SSSR count). The monoisotopic (exact) mass is 201 g/mol. The zero-order valence-corrected chi connectivity index (χ0v) is 8.69. The Kier molecular flexibility index (Phi) is 3.49. The summed E-state index contributed by atoms with van der Waals surface area (Å²) in [4.78, 5) is 11.6. The third kappa shape index (κ3) is 3.20. The van der Waals surface area contributed by atoms with Crippen LogP contribution in [0.3, 0.4) is 0 Å². The van der Waals surface area contributed by atoms with Crippen molar-refractivity contribution in [1.29, 1.82) is 0 Å². The number of pyridine rings is 1. The van der Waals surface area contributed by atoms with Crippen LogP contribution in [-0.4, -0.2) is 15.0 Å². The van der Waals surface area contributed by atoms with Gasteiger partial charge < -0.3 is 4.98 Å². The van der Waals surface area contributed by atoms with E-state index in [1.807, 2.05) is 24.5 Å². The van der Waals surface area contributed by atoms with Gasteiger partial charge in [0.25, 0.3) is 0 Å². The Balaban J connectivity index is 1.68. The van der Waals surface area contributed by atoms with Gasteiger partial charge in [-0.2, -0.15) is 0 Å². The van der Waals surface area contributed by atoms with Crippen LogP contribution in [0.2, 0.25) is 0 Å². The van der Waals surface area contributed by atoms with E-state index in [2.05, 4.69) is 21.0 Å². The molecule has 3 nitrogen and oxygen atoms in total. The van der Waals surface area contributed by atoms with Gasteiger partial charge in [-0.25, -0.2) is 4.98 Å². The van der Waals surface area contributed by atoms with E-state index in [0.29, 0.717) is 0 Å². The predicted octanol–water partition coefficient (Wildman–Crippen LogP) is 2.37. The van der Waals surface area contributed by atoms with Gasteiger partial charge in [0.2, 0.25) is 0 Å². The Morgan fingerprint density at radius 2 is 1.93 bits per heavy atom. The van der Waals surface area contributed by atoms with Crippen LogP contribution in [0.15, 0.2) is 36.8 Å². The number of rotatable bonds is 5. The van der Waals surface area contributed by atoms with Crippen LogP contribution >= 0.6 is 0 Å². The van der Waals surface area contributed by atoms with Crippen molar-refractivity contribution in [2.24, 2.45) is 0 Å². The minimum Gasteiger partial charge on any atom is -0.349 e. The molecule has 0 aromatic carbocycles. The van der Waals surface area contributed by atoms with E-state index in [1.54, 1.807) is 6.20 Å². The minimum atomic E-state index is 1.03. The molecule has 0 bridgehead atoms. The molecule has 1 N–H and O–H groups in total. The molecule has 0 aliphatic rings. The minimum absolute atomic E-state index is 1.03. The van der Waals surface area contributed by atoms with E-state index >= 15 is 0 Å². The summed E-state index contributed by atoms with van der Waals surface area (Å²) in [5.74, 6) is 1.08. The molecule has 15 heavy (non-hydrogen) atoms. The quantitative estimate of drug-likeness (QED) is 0.754. The third-order valence-electron chi connectivity index (χ3n) is 2.38. The molecule has 78 valence electrons. The summed E-state index contributed by atoms with van der Waals surface area (Å²) >= 11 is 0. The van der Waals surface area contributed by atoms with Crippen molar-refractivity contribution in [3.05, 3.63) is 48.3 Å². The zero-order chi connectivity index (χ0) is 10.3. The van der Waals surface area contributed by atoms with Gasteiger partial charge in [0.05, 0.1) is 0 Å². The van der Waals surface area contributed by atoms with Crippen molar-refractivity contribution >= 4 is 0 Å². The number of nitrogens with zero attached hydrogens (tertiary/aromatic N) is 2. The lowest BCUT2D eigenvalue weighted by Crippen LogP contribution is -1.92. The topological polar surface area (TPSA) is 41.6 Å². The van der Waals surface area contributed by atoms with E-state index in [9.17, 15) is 0 Å². The highest BCUT2D eigenvalue weighted by Gasteiger charge is 1.96. The van der Waals surface area contributed by atoms with Crippen LogP contribution < -0.4 is 0 Å². The number of aromatic nitrogens is 3. The fraction of sp³-hybridized carbons (Fsp3) is 0.333. The first-order valence-corrected chi connectivity index (χ1v) is 5.33. The molecule has 0 atom stereocenters. The summed E-state index contributed by atoms with van der Waals surface area (Å²) in [5.41, 5.74) is 1.18. The van der Waals surface area contributed by atoms with Crippen LogP contribution in [0.5, 0.6) is 0 Å². The molecule has 0 unspecified atom stereocenters. The first kappa shape index (κ1) is 9.90. The third-order valence-corrected chi connectivity index (χ3v) is 2.38. The van der Waals surface area contributed by atoms with Gasteiger partial charge in [-0.15, -0.1) is 0 Å². The fourth-order valence-electron chi connectivity index (χ4n) is 1.58. The molecule has 0 saturated carbocycles. The largest absolute Gasteiger partial charge is 0.349 e. The molecular formula is C12H15N3. The number of aromatic amines is 1. The molecule has 0 fully saturated rings. The van der Waals surface area contributed by atoms with Gasteiger partial charge in [0.15, 0.2) is 0 Å².